The van der Waals surface area contributed by atoms with E-state index in [1.807, 2.05) is 0 Å². The normalized spacial score (nSPS) is 11.5. The summed E-state index contributed by atoms with van der Waals surface area (Å²) in [6.45, 7) is 0. The largest absolute Gasteiger partial charge is 0.480 e. The maximum atomic E-state index is 12.5. The molecule has 0 aliphatic rings. The minimum atomic E-state index is -1.21. The molecule has 0 spiro atoms. The van der Waals surface area contributed by atoms with E-state index in [4.69, 9.17) is 5.11 Å². The Morgan fingerprint density at radius 2 is 2.07 bits per heavy atom. The third-order valence-electron chi connectivity index (χ3n) is 1.84. The molecule has 0 amide bonds. The zero-order chi connectivity index (χ0) is 11.3. The van der Waals surface area contributed by atoms with Crippen molar-refractivity contribution in [2.75, 3.05) is 0 Å². The van der Waals surface area contributed by atoms with Crippen molar-refractivity contribution in [1.82, 2.24) is 0 Å². The summed E-state index contributed by atoms with van der Waals surface area (Å²) in [5.74, 6) is -1.60. The molecule has 0 unspecified atom stereocenters. The molecule has 0 aliphatic heterocycles. The van der Waals surface area contributed by atoms with E-state index < -0.39 is 17.8 Å². The van der Waals surface area contributed by atoms with Gasteiger partial charge in [0.1, 0.15) is 5.82 Å². The second-order valence-corrected chi connectivity index (χ2v) is 2.91. The Kier molecular flexibility index (Phi) is 3.71. The van der Waals surface area contributed by atoms with Crippen LogP contribution in [-0.4, -0.2) is 23.2 Å². The number of isocyanates is 1. The fraction of sp³-hybridized carbons (Fsp3) is 0.200. The Bertz CT molecular complexity index is 394. The lowest BCUT2D eigenvalue weighted by atomic mass is 10.1. The number of rotatable bonds is 4. The van der Waals surface area contributed by atoms with E-state index in [1.54, 1.807) is 0 Å². The van der Waals surface area contributed by atoms with Gasteiger partial charge in [-0.15, -0.1) is 0 Å². The van der Waals surface area contributed by atoms with Crippen molar-refractivity contribution < 1.29 is 19.1 Å². The monoisotopic (exact) mass is 209 g/mol. The molecule has 5 heteroatoms. The zero-order valence-electron chi connectivity index (χ0n) is 7.68. The lowest BCUT2D eigenvalue weighted by Gasteiger charge is -2.04. The van der Waals surface area contributed by atoms with E-state index in [0.717, 1.165) is 0 Å². The SMILES string of the molecule is O=C=N[C@@H](Cc1ccc(F)cc1)C(=O)O. The summed E-state index contributed by atoms with van der Waals surface area (Å²) in [5, 5.41) is 8.67. The van der Waals surface area contributed by atoms with Gasteiger partial charge in [0.15, 0.2) is 6.04 Å². The van der Waals surface area contributed by atoms with Crippen LogP contribution in [0.5, 0.6) is 0 Å². The summed E-state index contributed by atoms with van der Waals surface area (Å²) >= 11 is 0. The number of carbonyl (C=O) groups excluding carboxylic acids is 1. The first-order valence-corrected chi connectivity index (χ1v) is 4.17. The van der Waals surface area contributed by atoms with Gasteiger partial charge in [-0.05, 0) is 17.7 Å². The van der Waals surface area contributed by atoms with Gasteiger partial charge < -0.3 is 5.11 Å². The Labute approximate surface area is 85.1 Å². The van der Waals surface area contributed by atoms with E-state index in [0.29, 0.717) is 5.56 Å². The van der Waals surface area contributed by atoms with Crippen molar-refractivity contribution in [3.63, 3.8) is 0 Å². The minimum Gasteiger partial charge on any atom is -0.480 e. The first kappa shape index (κ1) is 11.1. The molecular weight excluding hydrogens is 201 g/mol. The number of carbonyl (C=O) groups is 1. The highest BCUT2D eigenvalue weighted by Crippen LogP contribution is 2.07. The Balaban J connectivity index is 2.78. The van der Waals surface area contributed by atoms with E-state index in [2.05, 4.69) is 4.99 Å². The second-order valence-electron chi connectivity index (χ2n) is 2.91. The smallest absolute Gasteiger partial charge is 0.329 e. The fourth-order valence-electron chi connectivity index (χ4n) is 1.10. The number of carboxylic acid groups (broad SMARTS) is 1. The van der Waals surface area contributed by atoms with Crippen molar-refractivity contribution in [2.24, 2.45) is 4.99 Å². The zero-order valence-corrected chi connectivity index (χ0v) is 7.68. The van der Waals surface area contributed by atoms with Crippen LogP contribution in [0.4, 0.5) is 4.39 Å². The number of hydrogen-bond donors (Lipinski definition) is 1. The van der Waals surface area contributed by atoms with Gasteiger partial charge in [0, 0.05) is 6.42 Å². The Hall–Kier alpha value is -2.00. The predicted octanol–water partition coefficient (Wildman–Crippen LogP) is 1.16. The predicted molar refractivity (Wildman–Crippen MR) is 49.6 cm³/mol. The van der Waals surface area contributed by atoms with Gasteiger partial charge >= 0.3 is 5.97 Å². The van der Waals surface area contributed by atoms with Crippen LogP contribution in [0, 0.1) is 5.82 Å². The van der Waals surface area contributed by atoms with E-state index in [9.17, 15) is 14.0 Å². The van der Waals surface area contributed by atoms with Crippen molar-refractivity contribution >= 4 is 12.0 Å². The lowest BCUT2D eigenvalue weighted by molar-refractivity contribution is -0.138. The molecule has 0 saturated carbocycles. The molecule has 1 aromatic carbocycles. The van der Waals surface area contributed by atoms with Crippen LogP contribution < -0.4 is 0 Å². The molecular formula is C10H8FNO3. The maximum Gasteiger partial charge on any atom is 0.329 e. The standard InChI is InChI=1S/C10H8FNO3/c11-8-3-1-7(2-4-8)5-9(10(14)15)12-6-13/h1-4,9H,5H2,(H,14,15)/t9-/m0/s1. The van der Waals surface area contributed by atoms with Crippen LogP contribution in [0.1, 0.15) is 5.56 Å². The van der Waals surface area contributed by atoms with Gasteiger partial charge in [-0.3, -0.25) is 0 Å². The summed E-state index contributed by atoms with van der Waals surface area (Å²) in [7, 11) is 0. The summed E-state index contributed by atoms with van der Waals surface area (Å²) in [4.78, 5) is 23.7. The summed E-state index contributed by atoms with van der Waals surface area (Å²) in [6.07, 6.45) is 1.25. The highest BCUT2D eigenvalue weighted by molar-refractivity contribution is 5.75. The number of nitrogens with zero attached hydrogens (tertiary/aromatic N) is 1. The number of carboxylic acids is 1. The third-order valence-corrected chi connectivity index (χ3v) is 1.84. The van der Waals surface area contributed by atoms with Gasteiger partial charge in [0.05, 0.1) is 0 Å². The summed E-state index contributed by atoms with van der Waals surface area (Å²) in [5.41, 5.74) is 0.600. The highest BCUT2D eigenvalue weighted by atomic mass is 19.1. The molecule has 0 radical (unpaired) electrons. The number of halogens is 1. The quantitative estimate of drug-likeness (QED) is 0.597. The first-order chi connectivity index (χ1) is 7.13. The molecule has 78 valence electrons. The van der Waals surface area contributed by atoms with Gasteiger partial charge in [-0.1, -0.05) is 12.1 Å². The number of benzene rings is 1. The molecule has 0 bridgehead atoms. The third kappa shape index (κ3) is 3.32. The number of aliphatic carboxylic acids is 1. The van der Waals surface area contributed by atoms with Crippen LogP contribution in [0.15, 0.2) is 29.3 Å². The average molecular weight is 209 g/mol. The topological polar surface area (TPSA) is 66.7 Å². The number of aliphatic imine (C=N–C) groups is 1. The van der Waals surface area contributed by atoms with E-state index in [-0.39, 0.29) is 6.42 Å². The van der Waals surface area contributed by atoms with Crippen molar-refractivity contribution in [3.8, 4) is 0 Å². The van der Waals surface area contributed by atoms with Crippen molar-refractivity contribution in [1.29, 1.82) is 0 Å². The van der Waals surface area contributed by atoms with E-state index in [1.165, 1.54) is 30.3 Å². The molecule has 1 atom stereocenters. The van der Waals surface area contributed by atoms with Crippen LogP contribution in [0.2, 0.25) is 0 Å². The van der Waals surface area contributed by atoms with Gasteiger partial charge in [0.25, 0.3) is 0 Å². The molecule has 0 aromatic heterocycles. The second kappa shape index (κ2) is 5.02. The Morgan fingerprint density at radius 3 is 2.53 bits per heavy atom. The maximum absolute atomic E-state index is 12.5. The first-order valence-electron chi connectivity index (χ1n) is 4.17. The summed E-state index contributed by atoms with van der Waals surface area (Å²) in [6, 6.07) is 4.18. The van der Waals surface area contributed by atoms with Crippen molar-refractivity contribution in [2.45, 2.75) is 12.5 Å². The van der Waals surface area contributed by atoms with Crippen LogP contribution >= 0.6 is 0 Å². The van der Waals surface area contributed by atoms with Gasteiger partial charge in [-0.25, -0.2) is 14.0 Å². The molecule has 0 fully saturated rings. The molecule has 1 rings (SSSR count). The molecule has 0 heterocycles. The Morgan fingerprint density at radius 1 is 1.47 bits per heavy atom. The van der Waals surface area contributed by atoms with Crippen molar-refractivity contribution in [3.05, 3.63) is 35.6 Å². The van der Waals surface area contributed by atoms with Crippen LogP contribution in [0.25, 0.3) is 0 Å². The number of hydrogen-bond acceptors (Lipinski definition) is 3. The highest BCUT2D eigenvalue weighted by Gasteiger charge is 2.16. The lowest BCUT2D eigenvalue weighted by Crippen LogP contribution is -2.20. The average Bonchev–Trinajstić information content (AvgIpc) is 2.20. The van der Waals surface area contributed by atoms with Gasteiger partial charge in [-0.2, -0.15) is 4.99 Å². The summed E-state index contributed by atoms with van der Waals surface area (Å²) < 4.78 is 12.5. The molecule has 0 aliphatic carbocycles. The van der Waals surface area contributed by atoms with E-state index >= 15 is 0 Å². The minimum absolute atomic E-state index is 0.0465. The molecule has 1 aromatic rings. The van der Waals surface area contributed by atoms with Crippen LogP contribution in [0.3, 0.4) is 0 Å². The molecule has 4 nitrogen and oxygen atoms in total. The molecule has 0 saturated heterocycles. The van der Waals surface area contributed by atoms with Gasteiger partial charge in [0.2, 0.25) is 6.08 Å². The van der Waals surface area contributed by atoms with Crippen LogP contribution in [-0.2, 0) is 16.0 Å². The molecule has 15 heavy (non-hydrogen) atoms. The molecule has 1 N–H and O–H groups in total. The fourth-order valence-corrected chi connectivity index (χ4v) is 1.10.